The highest BCUT2D eigenvalue weighted by Crippen LogP contribution is 2.22. The highest BCUT2D eigenvalue weighted by Gasteiger charge is 2.06. The fourth-order valence-corrected chi connectivity index (χ4v) is 2.36. The van der Waals surface area contributed by atoms with E-state index >= 15 is 0 Å². The topological polar surface area (TPSA) is 50.4 Å². The number of halogens is 1. The van der Waals surface area contributed by atoms with Gasteiger partial charge >= 0.3 is 0 Å². The maximum absolute atomic E-state index is 8.73. The van der Waals surface area contributed by atoms with Gasteiger partial charge in [-0.15, -0.1) is 11.8 Å². The van der Waals surface area contributed by atoms with Crippen LogP contribution in [0, 0.1) is 0 Å². The van der Waals surface area contributed by atoms with E-state index in [9.17, 15) is 0 Å². The Labute approximate surface area is 93.5 Å². The van der Waals surface area contributed by atoms with Gasteiger partial charge in [0.25, 0.3) is 0 Å². The molecule has 2 aromatic heterocycles. The Morgan fingerprint density at radius 2 is 2.43 bits per heavy atom. The number of aromatic nitrogens is 3. The van der Waals surface area contributed by atoms with E-state index in [4.69, 9.17) is 5.11 Å². The molecular weight excluding hydrogens is 266 g/mol. The molecule has 0 radical (unpaired) electrons. The maximum Gasteiger partial charge on any atom is 0.169 e. The second-order valence-corrected chi connectivity index (χ2v) is 4.50. The Morgan fingerprint density at radius 3 is 3.21 bits per heavy atom. The van der Waals surface area contributed by atoms with Crippen molar-refractivity contribution in [3.05, 3.63) is 23.2 Å². The normalized spacial score (nSPS) is 11.0. The van der Waals surface area contributed by atoms with Gasteiger partial charge in [-0.3, -0.25) is 0 Å². The van der Waals surface area contributed by atoms with Gasteiger partial charge in [0.15, 0.2) is 5.65 Å². The van der Waals surface area contributed by atoms with Gasteiger partial charge in [-0.25, -0.2) is 9.97 Å². The third kappa shape index (κ3) is 1.92. The van der Waals surface area contributed by atoms with Crippen molar-refractivity contribution in [2.75, 3.05) is 12.4 Å². The number of hydrogen-bond acceptors (Lipinski definition) is 4. The number of imidazole rings is 1. The quantitative estimate of drug-likeness (QED) is 0.863. The standard InChI is InChI=1S/C8H8BrN3OS/c9-6-5-12-2-1-10-7(12)8(11-6)14-4-3-13/h1-2,5,13H,3-4H2. The molecule has 0 unspecified atom stereocenters. The largest absolute Gasteiger partial charge is 0.396 e. The van der Waals surface area contributed by atoms with E-state index in [1.807, 2.05) is 16.8 Å². The molecule has 14 heavy (non-hydrogen) atoms. The predicted molar refractivity (Wildman–Crippen MR) is 58.5 cm³/mol. The lowest BCUT2D eigenvalue weighted by molar-refractivity contribution is 0.322. The summed E-state index contributed by atoms with van der Waals surface area (Å²) in [5.41, 5.74) is 0.826. The predicted octanol–water partition coefficient (Wildman–Crippen LogP) is 1.58. The lowest BCUT2D eigenvalue weighted by Gasteiger charge is -2.02. The van der Waals surface area contributed by atoms with Crippen molar-refractivity contribution >= 4 is 33.3 Å². The van der Waals surface area contributed by atoms with Crippen LogP contribution in [0.4, 0.5) is 0 Å². The average Bonchev–Trinajstić information content (AvgIpc) is 2.61. The molecule has 0 aliphatic rings. The molecular formula is C8H8BrN3OS. The molecule has 2 aromatic rings. The van der Waals surface area contributed by atoms with Gasteiger partial charge in [-0.1, -0.05) is 0 Å². The summed E-state index contributed by atoms with van der Waals surface area (Å²) in [6, 6.07) is 0. The van der Waals surface area contributed by atoms with E-state index < -0.39 is 0 Å². The van der Waals surface area contributed by atoms with E-state index in [0.717, 1.165) is 15.3 Å². The molecule has 0 aliphatic carbocycles. The van der Waals surface area contributed by atoms with Crippen LogP contribution in [0.5, 0.6) is 0 Å². The first-order valence-corrected chi connectivity index (χ1v) is 5.82. The molecule has 0 aromatic carbocycles. The number of nitrogens with zero attached hydrogens (tertiary/aromatic N) is 3. The second kappa shape index (κ2) is 4.29. The zero-order valence-corrected chi connectivity index (χ0v) is 9.62. The fraction of sp³-hybridized carbons (Fsp3) is 0.250. The molecule has 0 amide bonds. The Balaban J connectivity index is 2.44. The van der Waals surface area contributed by atoms with Crippen LogP contribution >= 0.6 is 27.7 Å². The van der Waals surface area contributed by atoms with Gasteiger partial charge in [0.1, 0.15) is 9.63 Å². The molecule has 1 N–H and O–H groups in total. The van der Waals surface area contributed by atoms with Crippen LogP contribution in [0.2, 0.25) is 0 Å². The number of rotatable bonds is 3. The first kappa shape index (κ1) is 9.95. The number of hydrogen-bond donors (Lipinski definition) is 1. The minimum atomic E-state index is 0.145. The second-order valence-electron chi connectivity index (χ2n) is 2.60. The van der Waals surface area contributed by atoms with Gasteiger partial charge in [-0.05, 0) is 15.9 Å². The van der Waals surface area contributed by atoms with Crippen molar-refractivity contribution in [2.24, 2.45) is 0 Å². The van der Waals surface area contributed by atoms with E-state index in [2.05, 4.69) is 25.9 Å². The third-order valence-electron chi connectivity index (χ3n) is 1.64. The molecule has 4 nitrogen and oxygen atoms in total. The Bertz CT molecular complexity index is 445. The van der Waals surface area contributed by atoms with Gasteiger partial charge in [0.2, 0.25) is 0 Å². The summed E-state index contributed by atoms with van der Waals surface area (Å²) in [6.07, 6.45) is 5.45. The van der Waals surface area contributed by atoms with Crippen molar-refractivity contribution in [2.45, 2.75) is 5.03 Å². The fourth-order valence-electron chi connectivity index (χ4n) is 1.11. The first-order chi connectivity index (χ1) is 6.81. The van der Waals surface area contributed by atoms with Crippen LogP contribution in [0.15, 0.2) is 28.2 Å². The summed E-state index contributed by atoms with van der Waals surface area (Å²) < 4.78 is 2.67. The van der Waals surface area contributed by atoms with E-state index in [1.165, 1.54) is 11.8 Å². The SMILES string of the molecule is OCCSc1nc(Br)cn2ccnc12. The first-order valence-electron chi connectivity index (χ1n) is 4.04. The summed E-state index contributed by atoms with van der Waals surface area (Å²) in [7, 11) is 0. The summed E-state index contributed by atoms with van der Waals surface area (Å²) in [5.74, 6) is 0.631. The zero-order valence-electron chi connectivity index (χ0n) is 7.22. The van der Waals surface area contributed by atoms with Crippen LogP contribution in [0.3, 0.4) is 0 Å². The number of aliphatic hydroxyl groups is 1. The van der Waals surface area contributed by atoms with Gasteiger partial charge in [0, 0.05) is 24.3 Å². The number of aliphatic hydroxyl groups excluding tert-OH is 1. The molecule has 0 spiro atoms. The molecule has 6 heteroatoms. The average molecular weight is 274 g/mol. The van der Waals surface area contributed by atoms with Crippen LogP contribution < -0.4 is 0 Å². The Hall–Kier alpha value is -0.590. The minimum Gasteiger partial charge on any atom is -0.396 e. The van der Waals surface area contributed by atoms with Crippen molar-refractivity contribution in [1.82, 2.24) is 14.4 Å². The summed E-state index contributed by atoms with van der Waals surface area (Å²) in [4.78, 5) is 8.49. The summed E-state index contributed by atoms with van der Waals surface area (Å²) in [6.45, 7) is 0.145. The van der Waals surface area contributed by atoms with Gasteiger partial charge in [-0.2, -0.15) is 0 Å². The van der Waals surface area contributed by atoms with E-state index in [1.54, 1.807) is 6.20 Å². The molecule has 2 heterocycles. The van der Waals surface area contributed by atoms with E-state index in [0.29, 0.717) is 5.75 Å². The van der Waals surface area contributed by atoms with E-state index in [-0.39, 0.29) is 6.61 Å². The van der Waals surface area contributed by atoms with Crippen molar-refractivity contribution < 1.29 is 5.11 Å². The lowest BCUT2D eigenvalue weighted by Crippen LogP contribution is -1.94. The maximum atomic E-state index is 8.73. The van der Waals surface area contributed by atoms with Crippen molar-refractivity contribution in [1.29, 1.82) is 0 Å². The number of fused-ring (bicyclic) bond motifs is 1. The molecule has 0 aliphatic heterocycles. The summed E-state index contributed by atoms with van der Waals surface area (Å²) in [5, 5.41) is 9.56. The third-order valence-corrected chi connectivity index (χ3v) is 2.96. The molecule has 2 rings (SSSR count). The Kier molecular flexibility index (Phi) is 3.05. The monoisotopic (exact) mass is 273 g/mol. The highest BCUT2D eigenvalue weighted by atomic mass is 79.9. The molecule has 0 atom stereocenters. The smallest absolute Gasteiger partial charge is 0.169 e. The Morgan fingerprint density at radius 1 is 1.57 bits per heavy atom. The lowest BCUT2D eigenvalue weighted by atomic mass is 10.7. The molecule has 74 valence electrons. The van der Waals surface area contributed by atoms with Crippen molar-refractivity contribution in [3.63, 3.8) is 0 Å². The molecule has 0 bridgehead atoms. The van der Waals surface area contributed by atoms with Crippen LogP contribution in [-0.2, 0) is 0 Å². The van der Waals surface area contributed by atoms with Gasteiger partial charge < -0.3 is 9.51 Å². The molecule has 0 fully saturated rings. The molecule has 0 saturated heterocycles. The van der Waals surface area contributed by atoms with Crippen molar-refractivity contribution in [3.8, 4) is 0 Å². The summed E-state index contributed by atoms with van der Waals surface area (Å²) >= 11 is 4.82. The van der Waals surface area contributed by atoms with Gasteiger partial charge in [0.05, 0.1) is 6.61 Å². The van der Waals surface area contributed by atoms with Crippen LogP contribution in [0.1, 0.15) is 0 Å². The zero-order chi connectivity index (χ0) is 9.97. The van der Waals surface area contributed by atoms with Crippen LogP contribution in [0.25, 0.3) is 5.65 Å². The minimum absolute atomic E-state index is 0.145. The number of thioether (sulfide) groups is 1. The van der Waals surface area contributed by atoms with Crippen LogP contribution in [-0.4, -0.2) is 31.8 Å². The molecule has 0 saturated carbocycles. The highest BCUT2D eigenvalue weighted by molar-refractivity contribution is 9.10.